The number of methoxy groups -OCH3 is 2. The highest BCUT2D eigenvalue weighted by Crippen LogP contribution is 2.65. The number of halogens is 1. The standard InChI is InChI=1S/C25H36BClO6/c1-23(2,3)31-22(28)17-13-16(29-7)9-14(21(17)30-8)10-20(27)26-32-19-12-15-11-18(24(15,4)5)25(19,6)33-26/h9,13,15,18-20H,10-12H2,1-8H3/t15?,18-,19?,20+,25-/m0/s1. The van der Waals surface area contributed by atoms with E-state index in [-0.39, 0.29) is 17.1 Å². The molecule has 5 atom stereocenters. The van der Waals surface area contributed by atoms with Gasteiger partial charge in [0.15, 0.2) is 0 Å². The van der Waals surface area contributed by atoms with E-state index >= 15 is 0 Å². The Kier molecular flexibility index (Phi) is 6.25. The van der Waals surface area contributed by atoms with Crippen molar-refractivity contribution in [2.45, 2.75) is 83.4 Å². The number of rotatable bonds is 6. The third-order valence-corrected chi connectivity index (χ3v) is 8.24. The van der Waals surface area contributed by atoms with E-state index in [4.69, 9.17) is 35.1 Å². The van der Waals surface area contributed by atoms with Gasteiger partial charge >= 0.3 is 13.1 Å². The van der Waals surface area contributed by atoms with Crippen LogP contribution in [-0.4, -0.2) is 49.9 Å². The molecule has 6 nitrogen and oxygen atoms in total. The summed E-state index contributed by atoms with van der Waals surface area (Å²) in [6.07, 6.45) is 2.64. The second-order valence-electron chi connectivity index (χ2n) is 11.4. The molecule has 1 heterocycles. The van der Waals surface area contributed by atoms with Gasteiger partial charge in [0.2, 0.25) is 0 Å². The second kappa shape index (κ2) is 8.35. The first-order valence-electron chi connectivity index (χ1n) is 11.8. The topological polar surface area (TPSA) is 63.2 Å². The Balaban J connectivity index is 1.56. The number of hydrogen-bond donors (Lipinski definition) is 0. The minimum absolute atomic E-state index is 0.0602. The molecule has 4 aliphatic rings. The Morgan fingerprint density at radius 3 is 2.48 bits per heavy atom. The molecule has 1 aromatic rings. The van der Waals surface area contributed by atoms with Gasteiger partial charge in [0.05, 0.1) is 31.2 Å². The minimum atomic E-state index is -0.633. The summed E-state index contributed by atoms with van der Waals surface area (Å²) in [7, 11) is 2.57. The van der Waals surface area contributed by atoms with E-state index in [9.17, 15) is 4.79 Å². The zero-order chi connectivity index (χ0) is 24.3. The van der Waals surface area contributed by atoms with Crippen molar-refractivity contribution in [1.29, 1.82) is 0 Å². The summed E-state index contributed by atoms with van der Waals surface area (Å²) in [6.45, 7) is 12.3. The molecule has 0 radical (unpaired) electrons. The number of alkyl halides is 1. The number of carbonyl (C=O) groups is 1. The van der Waals surface area contributed by atoms with Gasteiger partial charge in [-0.2, -0.15) is 0 Å². The number of carbonyl (C=O) groups excluding carboxylic acids is 1. The van der Waals surface area contributed by atoms with Crippen LogP contribution >= 0.6 is 11.6 Å². The fraction of sp³-hybridized carbons (Fsp3) is 0.720. The summed E-state index contributed by atoms with van der Waals surface area (Å²) in [5.74, 6) is 1.63. The lowest BCUT2D eigenvalue weighted by Crippen LogP contribution is -2.65. The molecule has 5 rings (SSSR count). The van der Waals surface area contributed by atoms with Crippen LogP contribution in [-0.2, 0) is 20.5 Å². The van der Waals surface area contributed by atoms with Gasteiger partial charge in [0, 0.05) is 0 Å². The zero-order valence-electron chi connectivity index (χ0n) is 21.0. The van der Waals surface area contributed by atoms with Gasteiger partial charge in [-0.3, -0.25) is 0 Å². The normalized spacial score (nSPS) is 30.8. The first kappa shape index (κ1) is 24.7. The molecule has 1 aromatic carbocycles. The summed E-state index contributed by atoms with van der Waals surface area (Å²) in [5.41, 5.74) is 0.364. The minimum Gasteiger partial charge on any atom is -0.497 e. The van der Waals surface area contributed by atoms with Crippen LogP contribution in [0.5, 0.6) is 11.5 Å². The van der Waals surface area contributed by atoms with Crippen molar-refractivity contribution in [3.05, 3.63) is 23.3 Å². The zero-order valence-corrected chi connectivity index (χ0v) is 21.7. The molecule has 1 saturated heterocycles. The number of benzene rings is 1. The van der Waals surface area contributed by atoms with Crippen LogP contribution in [0.25, 0.3) is 0 Å². The highest BCUT2D eigenvalue weighted by Gasteiger charge is 2.68. The summed E-state index contributed by atoms with van der Waals surface area (Å²) >= 11 is 6.88. The van der Waals surface area contributed by atoms with E-state index in [2.05, 4.69) is 20.8 Å². The molecule has 0 aromatic heterocycles. The summed E-state index contributed by atoms with van der Waals surface area (Å²) < 4.78 is 29.6. The molecule has 2 bridgehead atoms. The predicted octanol–water partition coefficient (Wildman–Crippen LogP) is 5.08. The first-order chi connectivity index (χ1) is 15.3. The smallest absolute Gasteiger partial charge is 0.477 e. The molecule has 2 unspecified atom stereocenters. The average Bonchev–Trinajstić information content (AvgIpc) is 3.09. The number of ether oxygens (including phenoxy) is 3. The van der Waals surface area contributed by atoms with Crippen LogP contribution in [0.4, 0.5) is 0 Å². The Hall–Kier alpha value is -1.44. The van der Waals surface area contributed by atoms with E-state index in [0.29, 0.717) is 35.3 Å². The molecule has 0 amide bonds. The van der Waals surface area contributed by atoms with Gasteiger partial charge in [-0.05, 0) is 81.9 Å². The number of esters is 1. The quantitative estimate of drug-likeness (QED) is 0.323. The summed E-state index contributed by atoms with van der Waals surface area (Å²) in [5, 5.41) is -0.458. The Morgan fingerprint density at radius 1 is 1.21 bits per heavy atom. The van der Waals surface area contributed by atoms with E-state index < -0.39 is 24.0 Å². The van der Waals surface area contributed by atoms with Gasteiger partial charge < -0.3 is 23.5 Å². The monoisotopic (exact) mass is 478 g/mol. The SMILES string of the molecule is COc1cc(C[C@@H](Cl)B2OC3CC4C[C@@H](C4(C)C)[C@]3(C)O2)c(OC)c(C(=O)OC(C)(C)C)c1. The first-order valence-corrected chi connectivity index (χ1v) is 12.2. The van der Waals surface area contributed by atoms with Gasteiger partial charge in [-0.1, -0.05) is 13.8 Å². The lowest BCUT2D eigenvalue weighted by atomic mass is 9.43. The van der Waals surface area contributed by atoms with Crippen LogP contribution in [0.1, 0.15) is 70.3 Å². The average molecular weight is 479 g/mol. The van der Waals surface area contributed by atoms with Crippen LogP contribution in [0.3, 0.4) is 0 Å². The molecular weight excluding hydrogens is 443 g/mol. The molecular formula is C25H36BClO6. The van der Waals surface area contributed by atoms with Gasteiger partial charge in [-0.15, -0.1) is 11.6 Å². The van der Waals surface area contributed by atoms with Crippen molar-refractivity contribution in [1.82, 2.24) is 0 Å². The molecule has 8 heteroatoms. The van der Waals surface area contributed by atoms with Crippen LogP contribution in [0.15, 0.2) is 12.1 Å². The fourth-order valence-corrected chi connectivity index (χ4v) is 6.29. The highest BCUT2D eigenvalue weighted by atomic mass is 35.5. The van der Waals surface area contributed by atoms with Gasteiger partial charge in [-0.25, -0.2) is 4.79 Å². The summed E-state index contributed by atoms with van der Waals surface area (Å²) in [6, 6.07) is 3.47. The van der Waals surface area contributed by atoms with E-state index in [1.807, 2.05) is 26.8 Å². The fourth-order valence-electron chi connectivity index (χ4n) is 6.01. The molecule has 0 spiro atoms. The van der Waals surface area contributed by atoms with Gasteiger partial charge in [0.1, 0.15) is 22.7 Å². The third-order valence-electron chi connectivity index (χ3n) is 7.88. The maximum atomic E-state index is 12.9. The molecule has 0 N–H and O–H groups in total. The van der Waals surface area contributed by atoms with Crippen molar-refractivity contribution in [3.8, 4) is 11.5 Å². The van der Waals surface area contributed by atoms with Crippen molar-refractivity contribution >= 4 is 24.7 Å². The maximum absolute atomic E-state index is 12.9. The molecule has 1 aliphatic heterocycles. The second-order valence-corrected chi connectivity index (χ2v) is 12.0. The predicted molar refractivity (Wildman–Crippen MR) is 128 cm³/mol. The molecule has 3 saturated carbocycles. The molecule has 182 valence electrons. The Morgan fingerprint density at radius 2 is 1.91 bits per heavy atom. The van der Waals surface area contributed by atoms with Crippen molar-refractivity contribution in [3.63, 3.8) is 0 Å². The van der Waals surface area contributed by atoms with E-state index in [1.54, 1.807) is 13.2 Å². The van der Waals surface area contributed by atoms with Crippen LogP contribution < -0.4 is 9.47 Å². The van der Waals surface area contributed by atoms with E-state index in [1.165, 1.54) is 13.5 Å². The molecule has 3 aliphatic carbocycles. The van der Waals surface area contributed by atoms with Crippen molar-refractivity contribution in [2.24, 2.45) is 17.3 Å². The third kappa shape index (κ3) is 4.25. The lowest BCUT2D eigenvalue weighted by molar-refractivity contribution is -0.199. The van der Waals surface area contributed by atoms with Crippen molar-refractivity contribution < 1.29 is 28.3 Å². The largest absolute Gasteiger partial charge is 0.497 e. The van der Waals surface area contributed by atoms with Gasteiger partial charge in [0.25, 0.3) is 0 Å². The van der Waals surface area contributed by atoms with Crippen molar-refractivity contribution in [2.75, 3.05) is 14.2 Å². The van der Waals surface area contributed by atoms with E-state index in [0.717, 1.165) is 12.0 Å². The number of hydrogen-bond acceptors (Lipinski definition) is 6. The van der Waals surface area contributed by atoms with Crippen LogP contribution in [0, 0.1) is 17.3 Å². The lowest BCUT2D eigenvalue weighted by Gasteiger charge is -2.64. The molecule has 33 heavy (non-hydrogen) atoms. The highest BCUT2D eigenvalue weighted by molar-refractivity contribution is 6.60. The Labute approximate surface area is 202 Å². The summed E-state index contributed by atoms with van der Waals surface area (Å²) in [4.78, 5) is 12.9. The Bertz CT molecular complexity index is 928. The molecule has 4 fully saturated rings. The maximum Gasteiger partial charge on any atom is 0.477 e. The van der Waals surface area contributed by atoms with Crippen LogP contribution in [0.2, 0.25) is 0 Å².